The van der Waals surface area contributed by atoms with E-state index >= 15 is 0 Å². The number of hydrogen-bond donors (Lipinski definition) is 4. The lowest BCUT2D eigenvalue weighted by atomic mass is 9.99. The van der Waals surface area contributed by atoms with Gasteiger partial charge in [0, 0.05) is 35.7 Å². The molecule has 6 heteroatoms. The van der Waals surface area contributed by atoms with Crippen molar-refractivity contribution in [3.05, 3.63) is 81.5 Å². The van der Waals surface area contributed by atoms with Crippen molar-refractivity contribution in [3.63, 3.8) is 0 Å². The molecule has 4 rings (SSSR count). The number of fused-ring (bicyclic) bond motifs is 1. The van der Waals surface area contributed by atoms with Crippen LogP contribution in [0.5, 0.6) is 23.0 Å². The van der Waals surface area contributed by atoms with Crippen molar-refractivity contribution in [2.75, 3.05) is 0 Å². The highest BCUT2D eigenvalue weighted by molar-refractivity contribution is 5.86. The number of phenolic OH excluding ortho intramolecular Hbond substituents is 4. The van der Waals surface area contributed by atoms with Crippen LogP contribution >= 0.6 is 0 Å². The van der Waals surface area contributed by atoms with Crippen LogP contribution in [0.2, 0.25) is 0 Å². The first-order valence-corrected chi connectivity index (χ1v) is 8.92. The number of aryl methyl sites for hydroxylation is 1. The molecule has 6 nitrogen and oxygen atoms in total. The summed E-state index contributed by atoms with van der Waals surface area (Å²) in [7, 11) is 0. The summed E-state index contributed by atoms with van der Waals surface area (Å²) < 4.78 is 5.69. The summed E-state index contributed by atoms with van der Waals surface area (Å²) in [6, 6.07) is 14.2. The number of benzene rings is 3. The van der Waals surface area contributed by atoms with E-state index in [2.05, 4.69) is 0 Å². The van der Waals surface area contributed by atoms with Gasteiger partial charge in [-0.1, -0.05) is 29.8 Å². The van der Waals surface area contributed by atoms with Crippen molar-refractivity contribution >= 4 is 11.0 Å². The third kappa shape index (κ3) is 3.48. The van der Waals surface area contributed by atoms with Crippen LogP contribution < -0.4 is 5.43 Å². The van der Waals surface area contributed by atoms with Crippen LogP contribution in [-0.2, 0) is 6.42 Å². The van der Waals surface area contributed by atoms with Crippen molar-refractivity contribution in [2.45, 2.75) is 13.3 Å². The largest absolute Gasteiger partial charge is 0.508 e. The molecule has 0 saturated heterocycles. The van der Waals surface area contributed by atoms with E-state index in [1.807, 2.05) is 31.2 Å². The first-order chi connectivity index (χ1) is 13.8. The second-order valence-electron chi connectivity index (χ2n) is 6.98. The zero-order chi connectivity index (χ0) is 20.7. The molecule has 0 aliphatic carbocycles. The monoisotopic (exact) mass is 390 g/mol. The highest BCUT2D eigenvalue weighted by Crippen LogP contribution is 2.37. The van der Waals surface area contributed by atoms with Crippen LogP contribution in [0, 0.1) is 6.92 Å². The Morgan fingerprint density at radius 2 is 1.59 bits per heavy atom. The van der Waals surface area contributed by atoms with Crippen LogP contribution in [0.4, 0.5) is 0 Å². The minimum absolute atomic E-state index is 0.0117. The molecule has 4 aromatic rings. The lowest BCUT2D eigenvalue weighted by molar-refractivity contribution is 0.400. The van der Waals surface area contributed by atoms with Crippen LogP contribution in [0.15, 0.2) is 63.8 Å². The minimum Gasteiger partial charge on any atom is -0.508 e. The SMILES string of the molecule is Cc1ccc(Cc2cc(-c3cc(=O)c4c(O)cc(O)cc4o3)cc(O)c2O)cc1. The van der Waals surface area contributed by atoms with Crippen molar-refractivity contribution < 1.29 is 24.8 Å². The van der Waals surface area contributed by atoms with E-state index in [1.54, 1.807) is 6.07 Å². The molecule has 146 valence electrons. The maximum Gasteiger partial charge on any atom is 0.197 e. The van der Waals surface area contributed by atoms with E-state index in [0.717, 1.165) is 17.2 Å². The average Bonchev–Trinajstić information content (AvgIpc) is 2.66. The summed E-state index contributed by atoms with van der Waals surface area (Å²) >= 11 is 0. The Labute approximate surface area is 165 Å². The summed E-state index contributed by atoms with van der Waals surface area (Å²) in [6.45, 7) is 1.98. The third-order valence-electron chi connectivity index (χ3n) is 4.76. The molecule has 4 N–H and O–H groups in total. The van der Waals surface area contributed by atoms with Crippen LogP contribution in [0.3, 0.4) is 0 Å². The molecule has 0 saturated carbocycles. The number of rotatable bonds is 3. The first kappa shape index (κ1) is 18.4. The molecule has 0 aliphatic rings. The Balaban J connectivity index is 1.84. The molecule has 3 aromatic carbocycles. The lowest BCUT2D eigenvalue weighted by Crippen LogP contribution is -2.01. The molecule has 0 fully saturated rings. The summed E-state index contributed by atoms with van der Waals surface area (Å²) in [5, 5.41) is 40.0. The highest BCUT2D eigenvalue weighted by atomic mass is 16.3. The Bertz CT molecular complexity index is 1290. The van der Waals surface area contributed by atoms with E-state index in [1.165, 1.54) is 18.2 Å². The number of phenols is 4. The second kappa shape index (κ2) is 6.91. The Morgan fingerprint density at radius 1 is 0.862 bits per heavy atom. The van der Waals surface area contributed by atoms with Gasteiger partial charge in [-0.15, -0.1) is 0 Å². The van der Waals surface area contributed by atoms with E-state index in [4.69, 9.17) is 4.42 Å². The minimum atomic E-state index is -0.494. The Kier molecular flexibility index (Phi) is 4.39. The molecule has 0 aliphatic heterocycles. The molecule has 0 atom stereocenters. The maximum atomic E-state index is 12.5. The van der Waals surface area contributed by atoms with E-state index in [0.29, 0.717) is 17.5 Å². The van der Waals surface area contributed by atoms with Gasteiger partial charge in [0.25, 0.3) is 0 Å². The topological polar surface area (TPSA) is 111 Å². The molecule has 0 unspecified atom stereocenters. The van der Waals surface area contributed by atoms with Crippen molar-refractivity contribution in [2.24, 2.45) is 0 Å². The van der Waals surface area contributed by atoms with Crippen LogP contribution in [0.25, 0.3) is 22.3 Å². The van der Waals surface area contributed by atoms with E-state index in [-0.39, 0.29) is 39.7 Å². The van der Waals surface area contributed by atoms with Crippen molar-refractivity contribution in [1.82, 2.24) is 0 Å². The summed E-state index contributed by atoms with van der Waals surface area (Å²) in [5.41, 5.74) is 2.41. The fourth-order valence-electron chi connectivity index (χ4n) is 3.28. The fourth-order valence-corrected chi connectivity index (χ4v) is 3.28. The first-order valence-electron chi connectivity index (χ1n) is 8.92. The Hall–Kier alpha value is -3.93. The van der Waals surface area contributed by atoms with Crippen molar-refractivity contribution in [1.29, 1.82) is 0 Å². The smallest absolute Gasteiger partial charge is 0.197 e. The van der Waals surface area contributed by atoms with Gasteiger partial charge in [0.05, 0.1) is 0 Å². The quantitative estimate of drug-likeness (QED) is 0.391. The molecular formula is C23H18O6. The third-order valence-corrected chi connectivity index (χ3v) is 4.76. The van der Waals surface area contributed by atoms with Gasteiger partial charge in [0.2, 0.25) is 0 Å². The molecule has 29 heavy (non-hydrogen) atoms. The zero-order valence-electron chi connectivity index (χ0n) is 15.5. The lowest BCUT2D eigenvalue weighted by Gasteiger charge is -2.11. The maximum absolute atomic E-state index is 12.5. The number of hydrogen-bond acceptors (Lipinski definition) is 6. The fraction of sp³-hybridized carbons (Fsp3) is 0.0870. The summed E-state index contributed by atoms with van der Waals surface area (Å²) in [5.74, 6) is -1.08. The van der Waals surface area contributed by atoms with Gasteiger partial charge in [0.15, 0.2) is 16.9 Å². The van der Waals surface area contributed by atoms with Crippen molar-refractivity contribution in [3.8, 4) is 34.3 Å². The van der Waals surface area contributed by atoms with Gasteiger partial charge in [-0.25, -0.2) is 0 Å². The standard InChI is InChI=1S/C23H18O6/c1-12-2-4-13(5-3-12)6-15-7-14(8-19(27)23(15)28)20-11-18(26)22-17(25)9-16(24)10-21(22)29-20/h2-5,7-11,24-25,27-28H,6H2,1H3. The van der Waals surface area contributed by atoms with Crippen LogP contribution in [-0.4, -0.2) is 20.4 Å². The van der Waals surface area contributed by atoms with Gasteiger partial charge in [0.1, 0.15) is 28.2 Å². The predicted molar refractivity (Wildman–Crippen MR) is 109 cm³/mol. The Morgan fingerprint density at radius 3 is 2.31 bits per heavy atom. The molecule has 0 bridgehead atoms. The predicted octanol–water partition coefficient (Wildman–Crippen LogP) is 4.18. The molecule has 1 aromatic heterocycles. The molecule has 0 amide bonds. The summed E-state index contributed by atoms with van der Waals surface area (Å²) in [6.07, 6.45) is 0.368. The molecule has 0 radical (unpaired) electrons. The molecule has 1 heterocycles. The average molecular weight is 390 g/mol. The molecular weight excluding hydrogens is 372 g/mol. The normalized spacial score (nSPS) is 11.1. The van der Waals surface area contributed by atoms with E-state index in [9.17, 15) is 25.2 Å². The van der Waals surface area contributed by atoms with Gasteiger partial charge < -0.3 is 24.8 Å². The summed E-state index contributed by atoms with van der Waals surface area (Å²) in [4.78, 5) is 12.5. The van der Waals surface area contributed by atoms with Gasteiger partial charge in [-0.3, -0.25) is 4.79 Å². The molecule has 0 spiro atoms. The van der Waals surface area contributed by atoms with Gasteiger partial charge >= 0.3 is 0 Å². The zero-order valence-corrected chi connectivity index (χ0v) is 15.5. The van der Waals surface area contributed by atoms with Gasteiger partial charge in [-0.05, 0) is 24.6 Å². The van der Waals surface area contributed by atoms with Crippen LogP contribution in [0.1, 0.15) is 16.7 Å². The second-order valence-corrected chi connectivity index (χ2v) is 6.98. The number of aromatic hydroxyl groups is 4. The van der Waals surface area contributed by atoms with E-state index < -0.39 is 5.43 Å². The highest BCUT2D eigenvalue weighted by Gasteiger charge is 2.16. The van der Waals surface area contributed by atoms with Gasteiger partial charge in [-0.2, -0.15) is 0 Å².